The summed E-state index contributed by atoms with van der Waals surface area (Å²) in [5, 5.41) is 5.47. The smallest absolute Gasteiger partial charge is 0.271 e. The molecule has 8 heteroatoms. The molecule has 1 aromatic carbocycles. The molecule has 2 aliphatic heterocycles. The van der Waals surface area contributed by atoms with Crippen molar-refractivity contribution >= 4 is 35.2 Å². The summed E-state index contributed by atoms with van der Waals surface area (Å²) in [6.07, 6.45) is 1.29. The lowest BCUT2D eigenvalue weighted by atomic mass is 9.98. The molecule has 0 spiro atoms. The van der Waals surface area contributed by atoms with Crippen LogP contribution in [-0.2, 0) is 14.4 Å². The SMILES string of the molecule is CC1=NN(c2ccccc2)C(=O)[C@H]1C=C1C(=O)N(C)C(=O)N(C)C1=O. The van der Waals surface area contributed by atoms with E-state index in [1.165, 1.54) is 25.2 Å². The van der Waals surface area contributed by atoms with Crippen molar-refractivity contribution in [2.75, 3.05) is 19.1 Å². The molecular formula is C17H16N4O4. The van der Waals surface area contributed by atoms with Gasteiger partial charge in [0.25, 0.3) is 17.7 Å². The highest BCUT2D eigenvalue weighted by atomic mass is 16.2. The Bertz CT molecular complexity index is 817. The number of benzene rings is 1. The molecule has 0 unspecified atom stereocenters. The van der Waals surface area contributed by atoms with Crippen LogP contribution < -0.4 is 5.01 Å². The van der Waals surface area contributed by atoms with Crippen LogP contribution in [0.1, 0.15) is 6.92 Å². The first-order chi connectivity index (χ1) is 11.8. The van der Waals surface area contributed by atoms with Crippen molar-refractivity contribution in [2.24, 2.45) is 11.0 Å². The zero-order chi connectivity index (χ0) is 18.3. The van der Waals surface area contributed by atoms with Gasteiger partial charge in [-0.05, 0) is 25.1 Å². The minimum absolute atomic E-state index is 0.215. The van der Waals surface area contributed by atoms with Crippen LogP contribution in [0.3, 0.4) is 0 Å². The number of rotatable bonds is 2. The van der Waals surface area contributed by atoms with E-state index < -0.39 is 23.8 Å². The number of para-hydroxylation sites is 1. The summed E-state index contributed by atoms with van der Waals surface area (Å²) >= 11 is 0. The quantitative estimate of drug-likeness (QED) is 0.593. The van der Waals surface area contributed by atoms with E-state index in [1.54, 1.807) is 31.2 Å². The topological polar surface area (TPSA) is 90.4 Å². The number of amides is 5. The molecule has 25 heavy (non-hydrogen) atoms. The van der Waals surface area contributed by atoms with Crippen LogP contribution in [0.15, 0.2) is 47.1 Å². The molecule has 1 aromatic rings. The summed E-state index contributed by atoms with van der Waals surface area (Å²) in [5.41, 5.74) is 0.843. The molecule has 2 heterocycles. The maximum Gasteiger partial charge on any atom is 0.333 e. The van der Waals surface area contributed by atoms with Gasteiger partial charge in [-0.1, -0.05) is 18.2 Å². The number of likely N-dealkylation sites (N-methyl/N-ethyl adjacent to an activating group) is 2. The first-order valence-electron chi connectivity index (χ1n) is 7.59. The largest absolute Gasteiger partial charge is 0.333 e. The number of anilines is 1. The lowest BCUT2D eigenvalue weighted by Crippen LogP contribution is -2.53. The van der Waals surface area contributed by atoms with Crippen LogP contribution in [0.25, 0.3) is 0 Å². The van der Waals surface area contributed by atoms with Gasteiger partial charge in [-0.3, -0.25) is 24.2 Å². The third-order valence-corrected chi connectivity index (χ3v) is 4.16. The highest BCUT2D eigenvalue weighted by Crippen LogP contribution is 2.26. The zero-order valence-corrected chi connectivity index (χ0v) is 14.0. The molecule has 8 nitrogen and oxygen atoms in total. The summed E-state index contributed by atoms with van der Waals surface area (Å²) in [4.78, 5) is 50.7. The van der Waals surface area contributed by atoms with E-state index in [0.717, 1.165) is 9.80 Å². The van der Waals surface area contributed by atoms with Crippen LogP contribution >= 0.6 is 0 Å². The van der Waals surface area contributed by atoms with Gasteiger partial charge < -0.3 is 0 Å². The molecule has 1 fully saturated rings. The highest BCUT2D eigenvalue weighted by molar-refractivity contribution is 6.29. The lowest BCUT2D eigenvalue weighted by molar-refractivity contribution is -0.134. The maximum atomic E-state index is 12.7. The predicted octanol–water partition coefficient (Wildman–Crippen LogP) is 1.00. The summed E-state index contributed by atoms with van der Waals surface area (Å²) in [7, 11) is 2.57. The molecule has 128 valence electrons. The molecule has 3 rings (SSSR count). The Labute approximate surface area is 144 Å². The van der Waals surface area contributed by atoms with Crippen LogP contribution in [0, 0.1) is 5.92 Å². The second-order valence-corrected chi connectivity index (χ2v) is 5.80. The van der Waals surface area contributed by atoms with E-state index in [2.05, 4.69) is 5.10 Å². The molecule has 1 atom stereocenters. The average Bonchev–Trinajstić information content (AvgIpc) is 2.90. The van der Waals surface area contributed by atoms with Crippen molar-refractivity contribution < 1.29 is 19.2 Å². The zero-order valence-electron chi connectivity index (χ0n) is 14.0. The number of hydrazone groups is 1. The van der Waals surface area contributed by atoms with Gasteiger partial charge in [-0.15, -0.1) is 0 Å². The van der Waals surface area contributed by atoms with E-state index in [4.69, 9.17) is 0 Å². The molecule has 0 N–H and O–H groups in total. The summed E-state index contributed by atoms with van der Waals surface area (Å²) in [6, 6.07) is 8.15. The number of hydrogen-bond donors (Lipinski definition) is 0. The van der Waals surface area contributed by atoms with Gasteiger partial charge in [0, 0.05) is 14.1 Å². The second kappa shape index (κ2) is 5.97. The lowest BCUT2D eigenvalue weighted by Gasteiger charge is -2.29. The molecule has 0 bridgehead atoms. The van der Waals surface area contributed by atoms with Crippen molar-refractivity contribution in [3.05, 3.63) is 42.0 Å². The second-order valence-electron chi connectivity index (χ2n) is 5.80. The molecule has 0 saturated carbocycles. The fourth-order valence-corrected chi connectivity index (χ4v) is 2.69. The Morgan fingerprint density at radius 3 is 2.08 bits per heavy atom. The Kier molecular flexibility index (Phi) is 3.96. The fourth-order valence-electron chi connectivity index (χ4n) is 2.69. The minimum atomic E-state index is -0.835. The summed E-state index contributed by atoms with van der Waals surface area (Å²) in [6.45, 7) is 1.65. The Morgan fingerprint density at radius 2 is 1.52 bits per heavy atom. The Morgan fingerprint density at radius 1 is 0.960 bits per heavy atom. The van der Waals surface area contributed by atoms with E-state index in [9.17, 15) is 19.2 Å². The first kappa shape index (κ1) is 16.6. The number of nitrogens with zero attached hydrogens (tertiary/aromatic N) is 4. The number of urea groups is 1. The van der Waals surface area contributed by atoms with Crippen LogP contribution in [0.2, 0.25) is 0 Å². The van der Waals surface area contributed by atoms with E-state index in [-0.39, 0.29) is 11.5 Å². The average molecular weight is 340 g/mol. The number of barbiturate groups is 1. The van der Waals surface area contributed by atoms with Crippen molar-refractivity contribution in [1.82, 2.24) is 9.80 Å². The van der Waals surface area contributed by atoms with Crippen molar-refractivity contribution in [1.29, 1.82) is 0 Å². The van der Waals surface area contributed by atoms with Gasteiger partial charge in [0.05, 0.1) is 17.3 Å². The third-order valence-electron chi connectivity index (χ3n) is 4.16. The van der Waals surface area contributed by atoms with Crippen molar-refractivity contribution in [2.45, 2.75) is 6.92 Å². The predicted molar refractivity (Wildman–Crippen MR) is 89.5 cm³/mol. The van der Waals surface area contributed by atoms with Gasteiger partial charge in [-0.25, -0.2) is 4.79 Å². The Balaban J connectivity index is 1.95. The molecule has 0 radical (unpaired) electrons. The van der Waals surface area contributed by atoms with Crippen LogP contribution in [-0.4, -0.2) is 53.4 Å². The van der Waals surface area contributed by atoms with Crippen LogP contribution in [0.4, 0.5) is 10.5 Å². The Hall–Kier alpha value is -3.29. The maximum absolute atomic E-state index is 12.7. The van der Waals surface area contributed by atoms with E-state index >= 15 is 0 Å². The molecule has 1 saturated heterocycles. The fraction of sp³-hybridized carbons (Fsp3) is 0.235. The van der Waals surface area contributed by atoms with E-state index in [0.29, 0.717) is 11.4 Å². The monoisotopic (exact) mass is 340 g/mol. The minimum Gasteiger partial charge on any atom is -0.271 e. The van der Waals surface area contributed by atoms with Crippen LogP contribution in [0.5, 0.6) is 0 Å². The molecular weight excluding hydrogens is 324 g/mol. The molecule has 2 aliphatic rings. The third kappa shape index (κ3) is 2.61. The van der Waals surface area contributed by atoms with Gasteiger partial charge >= 0.3 is 6.03 Å². The number of carbonyl (C=O) groups excluding carboxylic acids is 4. The number of hydrogen-bond acceptors (Lipinski definition) is 5. The number of imide groups is 2. The molecule has 0 aliphatic carbocycles. The van der Waals surface area contributed by atoms with E-state index in [1.807, 2.05) is 6.07 Å². The number of carbonyl (C=O) groups is 4. The van der Waals surface area contributed by atoms with Gasteiger partial charge in [0.2, 0.25) is 0 Å². The highest BCUT2D eigenvalue weighted by Gasteiger charge is 2.41. The molecule has 5 amide bonds. The van der Waals surface area contributed by atoms with Crippen molar-refractivity contribution in [3.63, 3.8) is 0 Å². The standard InChI is InChI=1S/C17H16N4O4/c1-10-12(16(24)21(18-10)11-7-5-4-6-8-11)9-13-14(22)19(2)17(25)20(3)15(13)23/h4-9,12H,1-3H3/t12-/m0/s1. The summed E-state index contributed by atoms with van der Waals surface area (Å²) < 4.78 is 0. The van der Waals surface area contributed by atoms with Gasteiger partial charge in [0.1, 0.15) is 5.57 Å². The summed E-state index contributed by atoms with van der Waals surface area (Å²) in [5.74, 6) is -2.66. The van der Waals surface area contributed by atoms with Gasteiger partial charge in [-0.2, -0.15) is 10.1 Å². The normalized spacial score (nSPS) is 21.2. The molecule has 0 aromatic heterocycles. The van der Waals surface area contributed by atoms with Gasteiger partial charge in [0.15, 0.2) is 0 Å². The van der Waals surface area contributed by atoms with Crippen molar-refractivity contribution in [3.8, 4) is 0 Å². The first-order valence-corrected chi connectivity index (χ1v) is 7.59.